The van der Waals surface area contributed by atoms with Crippen LogP contribution in [0.4, 0.5) is 0 Å². The number of hydrogen-bond acceptors (Lipinski definition) is 1. The van der Waals surface area contributed by atoms with Gasteiger partial charge in [-0.05, 0) is 0 Å². The fourth-order valence-corrected chi connectivity index (χ4v) is 4.30. The summed E-state index contributed by atoms with van der Waals surface area (Å²) in [6.07, 6.45) is 1.88. The predicted molar refractivity (Wildman–Crippen MR) is 84.0 cm³/mol. The molecular weight excluding hydrogens is 311 g/mol. The quantitative estimate of drug-likeness (QED) is 0.671. The number of aliphatic carboxylic acids is 1. The second-order valence-corrected chi connectivity index (χ2v) is 7.44. The summed E-state index contributed by atoms with van der Waals surface area (Å²) in [6, 6.07) is 14.6. The maximum atomic E-state index is 11.2. The van der Waals surface area contributed by atoms with E-state index in [4.69, 9.17) is 0 Å². The zero-order valence-corrected chi connectivity index (χ0v) is 13.6. The molecule has 0 saturated heterocycles. The molecule has 0 spiro atoms. The number of hydrogen-bond donors (Lipinski definition) is 1. The maximum absolute atomic E-state index is 11.2. The molecule has 0 aromatic heterocycles. The standard InChI is InChI=1S/C17H18AsO2/c1-12(2)9-16(17(19)20)18-11-13-7-8-14-5-3-4-6-15(14)10-13/h3-10,12H,11H2,1-2H3,(H,19,20). The molecule has 0 bridgehead atoms. The van der Waals surface area contributed by atoms with Gasteiger partial charge in [0, 0.05) is 0 Å². The average molecular weight is 329 g/mol. The average Bonchev–Trinajstić information content (AvgIpc) is 2.42. The van der Waals surface area contributed by atoms with Crippen molar-refractivity contribution in [1.82, 2.24) is 0 Å². The van der Waals surface area contributed by atoms with Crippen molar-refractivity contribution in [2.45, 2.75) is 19.1 Å². The molecule has 0 amide bonds. The van der Waals surface area contributed by atoms with Gasteiger partial charge in [-0.15, -0.1) is 0 Å². The molecule has 2 aromatic rings. The second-order valence-electron chi connectivity index (χ2n) is 5.10. The van der Waals surface area contributed by atoms with Gasteiger partial charge in [-0.2, -0.15) is 0 Å². The Labute approximate surface area is 126 Å². The zero-order valence-electron chi connectivity index (χ0n) is 11.7. The molecule has 0 atom stereocenters. The van der Waals surface area contributed by atoms with Crippen molar-refractivity contribution in [3.8, 4) is 0 Å². The fraction of sp³-hybridized carbons (Fsp3) is 0.235. The van der Waals surface area contributed by atoms with Crippen molar-refractivity contribution in [1.29, 1.82) is 0 Å². The van der Waals surface area contributed by atoms with Gasteiger partial charge in [0.2, 0.25) is 0 Å². The summed E-state index contributed by atoms with van der Waals surface area (Å²) >= 11 is -0.331. The van der Waals surface area contributed by atoms with Crippen LogP contribution >= 0.6 is 0 Å². The third-order valence-electron chi connectivity index (χ3n) is 2.96. The minimum absolute atomic E-state index is 0.285. The molecule has 0 aliphatic carbocycles. The molecule has 2 nitrogen and oxygen atoms in total. The normalized spacial score (nSPS) is 12.7. The Morgan fingerprint density at radius 3 is 2.55 bits per heavy atom. The molecule has 1 radical (unpaired) electrons. The van der Waals surface area contributed by atoms with Gasteiger partial charge in [-0.1, -0.05) is 0 Å². The van der Waals surface area contributed by atoms with Crippen molar-refractivity contribution in [3.05, 3.63) is 58.5 Å². The molecule has 0 saturated carbocycles. The first-order valence-corrected chi connectivity index (χ1v) is 8.93. The fourth-order valence-electron chi connectivity index (χ4n) is 2.02. The molecule has 0 unspecified atom stereocenters. The second kappa shape index (κ2) is 6.76. The summed E-state index contributed by atoms with van der Waals surface area (Å²) in [6.45, 7) is 4.03. The number of fused-ring (bicyclic) bond motifs is 1. The topological polar surface area (TPSA) is 37.3 Å². The molecule has 0 heterocycles. The first-order valence-electron chi connectivity index (χ1n) is 6.66. The van der Waals surface area contributed by atoms with Crippen LogP contribution in [-0.2, 0) is 10.0 Å². The SMILES string of the molecule is CC(C)C=C([As]Cc1ccc2ccccc2c1)C(=O)O. The van der Waals surface area contributed by atoms with Crippen molar-refractivity contribution < 1.29 is 9.90 Å². The van der Waals surface area contributed by atoms with E-state index in [1.54, 1.807) is 0 Å². The van der Waals surface area contributed by atoms with Crippen LogP contribution in [0, 0.1) is 5.92 Å². The first kappa shape index (κ1) is 14.9. The van der Waals surface area contributed by atoms with E-state index in [1.807, 2.05) is 32.1 Å². The predicted octanol–water partition coefficient (Wildman–Crippen LogP) is 3.67. The molecule has 3 heteroatoms. The molecule has 2 rings (SSSR count). The third-order valence-corrected chi connectivity index (χ3v) is 5.48. The molecule has 1 N–H and O–H groups in total. The summed E-state index contributed by atoms with van der Waals surface area (Å²) in [5.74, 6) is -0.479. The van der Waals surface area contributed by atoms with Crippen molar-refractivity contribution in [2.24, 2.45) is 5.92 Å². The van der Waals surface area contributed by atoms with Gasteiger partial charge in [0.05, 0.1) is 0 Å². The summed E-state index contributed by atoms with van der Waals surface area (Å²) in [7, 11) is 0. The Hall–Kier alpha value is -1.53. The molecular formula is C17H18AsO2. The third kappa shape index (κ3) is 3.98. The molecule has 0 fully saturated rings. The van der Waals surface area contributed by atoms with Gasteiger partial charge in [-0.25, -0.2) is 0 Å². The molecule has 0 aliphatic heterocycles. The van der Waals surface area contributed by atoms with Gasteiger partial charge in [0.25, 0.3) is 0 Å². The van der Waals surface area contributed by atoms with Crippen LogP contribution in [-0.4, -0.2) is 26.8 Å². The van der Waals surface area contributed by atoms with Crippen LogP contribution in [0.25, 0.3) is 10.8 Å². The molecule has 0 aliphatic rings. The number of carbonyl (C=O) groups is 1. The number of rotatable bonds is 5. The van der Waals surface area contributed by atoms with E-state index in [2.05, 4.69) is 30.3 Å². The van der Waals surface area contributed by atoms with Crippen molar-refractivity contribution >= 4 is 32.5 Å². The Balaban J connectivity index is 2.13. The Morgan fingerprint density at radius 1 is 1.20 bits per heavy atom. The van der Waals surface area contributed by atoms with E-state index >= 15 is 0 Å². The van der Waals surface area contributed by atoms with Gasteiger partial charge in [-0.3, -0.25) is 0 Å². The molecule has 20 heavy (non-hydrogen) atoms. The van der Waals surface area contributed by atoms with Crippen LogP contribution in [0.15, 0.2) is 52.9 Å². The number of benzene rings is 2. The molecule has 103 valence electrons. The van der Waals surface area contributed by atoms with Crippen LogP contribution in [0.3, 0.4) is 0 Å². The van der Waals surface area contributed by atoms with E-state index in [0.717, 1.165) is 5.21 Å². The van der Waals surface area contributed by atoms with Crippen molar-refractivity contribution in [2.75, 3.05) is 0 Å². The van der Waals surface area contributed by atoms with Crippen LogP contribution in [0.1, 0.15) is 19.4 Å². The summed E-state index contributed by atoms with van der Waals surface area (Å²) in [4.78, 5) is 11.2. The monoisotopic (exact) mass is 329 g/mol. The number of carboxylic acid groups (broad SMARTS) is 1. The van der Waals surface area contributed by atoms with Crippen molar-refractivity contribution in [3.63, 3.8) is 0 Å². The van der Waals surface area contributed by atoms with Gasteiger partial charge in [0.15, 0.2) is 0 Å². The summed E-state index contributed by atoms with van der Waals surface area (Å²) in [5, 5.41) is 12.5. The van der Waals surface area contributed by atoms with E-state index in [0.29, 0.717) is 4.36 Å². The van der Waals surface area contributed by atoms with E-state index in [-0.39, 0.29) is 21.7 Å². The van der Waals surface area contributed by atoms with Gasteiger partial charge >= 0.3 is 126 Å². The van der Waals surface area contributed by atoms with E-state index in [1.165, 1.54) is 16.3 Å². The van der Waals surface area contributed by atoms with Gasteiger partial charge in [0.1, 0.15) is 0 Å². The van der Waals surface area contributed by atoms with Crippen LogP contribution < -0.4 is 0 Å². The van der Waals surface area contributed by atoms with E-state index < -0.39 is 5.97 Å². The van der Waals surface area contributed by atoms with Crippen LogP contribution in [0.2, 0.25) is 0 Å². The van der Waals surface area contributed by atoms with E-state index in [9.17, 15) is 9.90 Å². The minimum atomic E-state index is -0.764. The summed E-state index contributed by atoms with van der Waals surface area (Å²) < 4.78 is 0.601. The number of allylic oxidation sites excluding steroid dienone is 1. The Kier molecular flexibility index (Phi) is 5.03. The van der Waals surface area contributed by atoms with Crippen LogP contribution in [0.5, 0.6) is 0 Å². The molecule has 2 aromatic carbocycles. The zero-order chi connectivity index (χ0) is 14.5. The Morgan fingerprint density at radius 2 is 1.90 bits per heavy atom. The summed E-state index contributed by atoms with van der Waals surface area (Å²) in [5.41, 5.74) is 1.22. The number of carboxylic acids is 1. The Bertz CT molecular complexity index is 644. The first-order chi connectivity index (χ1) is 9.56. The van der Waals surface area contributed by atoms with Gasteiger partial charge < -0.3 is 0 Å².